The van der Waals surface area contributed by atoms with Crippen molar-refractivity contribution in [1.82, 2.24) is 5.32 Å². The van der Waals surface area contributed by atoms with Gasteiger partial charge < -0.3 is 14.8 Å². The molecule has 2 spiro atoms. The van der Waals surface area contributed by atoms with Crippen LogP contribution in [0.2, 0.25) is 0 Å². The third kappa shape index (κ3) is 2.17. The topological polar surface area (TPSA) is 40.4 Å². The van der Waals surface area contributed by atoms with Gasteiger partial charge in [0.1, 0.15) is 5.75 Å². The van der Waals surface area contributed by atoms with Crippen LogP contribution >= 0.6 is 0 Å². The van der Waals surface area contributed by atoms with Gasteiger partial charge in [0.2, 0.25) is 0 Å². The summed E-state index contributed by atoms with van der Waals surface area (Å²) in [4.78, 5) is 0. The van der Waals surface area contributed by atoms with Crippen LogP contribution < -0.4 is 10.1 Å². The zero-order valence-electron chi connectivity index (χ0n) is 14.8. The maximum absolute atomic E-state index is 6.12. The predicted octanol–water partition coefficient (Wildman–Crippen LogP) is 3.80. The predicted molar refractivity (Wildman–Crippen MR) is 94.4 cm³/mol. The lowest BCUT2D eigenvalue weighted by molar-refractivity contribution is 0.0150. The highest BCUT2D eigenvalue weighted by Gasteiger charge is 2.64. The zero-order chi connectivity index (χ0) is 16.2. The number of hydrogen-bond acceptors (Lipinski definition) is 3. The fraction of sp³-hybridized carbons (Fsp3) is 0.714. The second-order valence-electron chi connectivity index (χ2n) is 8.58. The van der Waals surface area contributed by atoms with E-state index in [0.717, 1.165) is 24.8 Å². The van der Waals surface area contributed by atoms with Gasteiger partial charge in [0.05, 0.1) is 18.2 Å². The second-order valence-corrected chi connectivity index (χ2v) is 8.58. The molecule has 2 saturated carbocycles. The second kappa shape index (κ2) is 5.47. The Hall–Kier alpha value is -1.06. The van der Waals surface area contributed by atoms with Crippen molar-refractivity contribution in [3.05, 3.63) is 29.3 Å². The first kappa shape index (κ1) is 15.2. The number of benzene rings is 1. The van der Waals surface area contributed by atoms with E-state index in [1.54, 1.807) is 5.56 Å². The van der Waals surface area contributed by atoms with Crippen molar-refractivity contribution in [2.24, 2.45) is 11.3 Å². The molecular weight excluding hydrogens is 298 g/mol. The fourth-order valence-electron chi connectivity index (χ4n) is 5.51. The highest BCUT2D eigenvalue weighted by atomic mass is 16.5. The Balaban J connectivity index is 1.37. The summed E-state index contributed by atoms with van der Waals surface area (Å²) in [5.74, 6) is 1.87. The molecule has 130 valence electrons. The summed E-state index contributed by atoms with van der Waals surface area (Å²) in [5.41, 5.74) is 3.73. The Bertz CT molecular complexity index is 625. The summed E-state index contributed by atoms with van der Waals surface area (Å²) in [7, 11) is 1.86. The third-order valence-corrected chi connectivity index (χ3v) is 7.44. The first-order valence-electron chi connectivity index (χ1n) is 9.79. The molecule has 3 fully saturated rings. The van der Waals surface area contributed by atoms with E-state index in [9.17, 15) is 0 Å². The lowest BCUT2D eigenvalue weighted by atomic mass is 9.65. The van der Waals surface area contributed by atoms with Crippen molar-refractivity contribution in [3.8, 4) is 5.75 Å². The Morgan fingerprint density at radius 1 is 1.17 bits per heavy atom. The Morgan fingerprint density at radius 3 is 2.58 bits per heavy atom. The van der Waals surface area contributed by atoms with E-state index in [1.165, 1.54) is 56.9 Å². The molecule has 1 aliphatic heterocycles. The summed E-state index contributed by atoms with van der Waals surface area (Å²) in [6, 6.07) is 6.89. The van der Waals surface area contributed by atoms with Gasteiger partial charge in [-0.05, 0) is 79.5 Å². The zero-order valence-corrected chi connectivity index (χ0v) is 14.8. The van der Waals surface area contributed by atoms with Gasteiger partial charge in [-0.25, -0.2) is 0 Å². The minimum atomic E-state index is 0.233. The van der Waals surface area contributed by atoms with E-state index in [1.807, 2.05) is 7.11 Å². The Morgan fingerprint density at radius 2 is 1.96 bits per heavy atom. The quantitative estimate of drug-likeness (QED) is 0.855. The van der Waals surface area contributed by atoms with Crippen LogP contribution in [-0.4, -0.2) is 26.4 Å². The van der Waals surface area contributed by atoms with Crippen LogP contribution in [0.4, 0.5) is 0 Å². The molecule has 1 saturated heterocycles. The molecule has 1 aromatic rings. The summed E-state index contributed by atoms with van der Waals surface area (Å²) in [5, 5.41) is 3.78. The normalized spacial score (nSPS) is 37.5. The molecule has 0 amide bonds. The van der Waals surface area contributed by atoms with Crippen molar-refractivity contribution in [3.63, 3.8) is 0 Å². The fourth-order valence-corrected chi connectivity index (χ4v) is 5.51. The number of fused-ring (bicyclic) bond motifs is 3. The molecule has 1 unspecified atom stereocenters. The number of methoxy groups -OCH3 is 1. The monoisotopic (exact) mass is 327 g/mol. The first-order chi connectivity index (χ1) is 11.7. The van der Waals surface area contributed by atoms with Gasteiger partial charge in [-0.2, -0.15) is 0 Å². The van der Waals surface area contributed by atoms with Gasteiger partial charge >= 0.3 is 0 Å². The van der Waals surface area contributed by atoms with E-state index in [-0.39, 0.29) is 5.54 Å². The van der Waals surface area contributed by atoms with E-state index < -0.39 is 0 Å². The molecule has 1 N–H and O–H groups in total. The summed E-state index contributed by atoms with van der Waals surface area (Å²) in [6.07, 6.45) is 10.8. The molecule has 3 nitrogen and oxygen atoms in total. The number of hydrogen-bond donors (Lipinski definition) is 1. The van der Waals surface area contributed by atoms with Crippen molar-refractivity contribution < 1.29 is 9.47 Å². The molecule has 4 aliphatic rings. The van der Waals surface area contributed by atoms with Crippen molar-refractivity contribution >= 4 is 0 Å². The molecule has 24 heavy (non-hydrogen) atoms. The molecule has 0 bridgehead atoms. The van der Waals surface area contributed by atoms with Crippen LogP contribution in [0.3, 0.4) is 0 Å². The van der Waals surface area contributed by atoms with E-state index >= 15 is 0 Å². The van der Waals surface area contributed by atoms with E-state index in [0.29, 0.717) is 11.5 Å². The van der Waals surface area contributed by atoms with Gasteiger partial charge in [-0.15, -0.1) is 0 Å². The molecule has 0 radical (unpaired) electrons. The molecule has 1 aromatic carbocycles. The number of rotatable bonds is 4. The number of ether oxygens (including phenoxy) is 2. The molecule has 1 atom stereocenters. The largest absolute Gasteiger partial charge is 0.493 e. The van der Waals surface area contributed by atoms with Gasteiger partial charge in [0.25, 0.3) is 0 Å². The Labute approximate surface area is 145 Å². The van der Waals surface area contributed by atoms with Crippen LogP contribution in [0.25, 0.3) is 0 Å². The van der Waals surface area contributed by atoms with Gasteiger partial charge in [0, 0.05) is 13.7 Å². The van der Waals surface area contributed by atoms with Crippen molar-refractivity contribution in [2.75, 3.05) is 20.3 Å². The van der Waals surface area contributed by atoms with Crippen LogP contribution in [0.15, 0.2) is 18.2 Å². The summed E-state index contributed by atoms with van der Waals surface area (Å²) < 4.78 is 11.7. The molecule has 3 aliphatic carbocycles. The maximum atomic E-state index is 6.12. The highest BCUT2D eigenvalue weighted by molar-refractivity contribution is 5.51. The number of nitrogens with one attached hydrogen (secondary N) is 1. The highest BCUT2D eigenvalue weighted by Crippen LogP contribution is 2.62. The van der Waals surface area contributed by atoms with Gasteiger partial charge in [-0.3, -0.25) is 0 Å². The minimum Gasteiger partial charge on any atom is -0.493 e. The standard InChI is InChI=1S/C21H29NO2/c1-23-17-7-9-20(10-8-17)12-16-5-6-18(24-13-15-3-2-4-15)11-19(16)21(20)14-22-21/h5-6,11,15,17,22H,2-4,7-10,12-14H2,1H3. The average molecular weight is 327 g/mol. The summed E-state index contributed by atoms with van der Waals surface area (Å²) >= 11 is 0. The molecule has 5 rings (SSSR count). The van der Waals surface area contributed by atoms with Crippen LogP contribution in [0, 0.1) is 11.3 Å². The molecule has 0 aromatic heterocycles. The molecule has 3 heteroatoms. The van der Waals surface area contributed by atoms with Gasteiger partial charge in [0.15, 0.2) is 0 Å². The lowest BCUT2D eigenvalue weighted by Gasteiger charge is -2.41. The Kier molecular flexibility index (Phi) is 3.47. The van der Waals surface area contributed by atoms with E-state index in [4.69, 9.17) is 9.47 Å². The van der Waals surface area contributed by atoms with Crippen LogP contribution in [0.1, 0.15) is 56.1 Å². The molecule has 1 heterocycles. The first-order valence-corrected chi connectivity index (χ1v) is 9.79. The summed E-state index contributed by atoms with van der Waals surface area (Å²) in [6.45, 7) is 2.05. The maximum Gasteiger partial charge on any atom is 0.119 e. The minimum absolute atomic E-state index is 0.233. The van der Waals surface area contributed by atoms with E-state index in [2.05, 4.69) is 23.5 Å². The van der Waals surface area contributed by atoms with Crippen LogP contribution in [-0.2, 0) is 16.7 Å². The smallest absolute Gasteiger partial charge is 0.119 e. The van der Waals surface area contributed by atoms with Gasteiger partial charge in [-0.1, -0.05) is 12.5 Å². The lowest BCUT2D eigenvalue weighted by Crippen LogP contribution is -2.40. The van der Waals surface area contributed by atoms with Crippen LogP contribution in [0.5, 0.6) is 5.75 Å². The third-order valence-electron chi connectivity index (χ3n) is 7.44. The van der Waals surface area contributed by atoms with Crippen molar-refractivity contribution in [2.45, 2.75) is 63.0 Å². The SMILES string of the molecule is COC1CCC2(CC1)Cc1ccc(OCC3CCC3)cc1C21CN1. The molecular formula is C21H29NO2. The average Bonchev–Trinajstić information content (AvgIpc) is 3.33. The van der Waals surface area contributed by atoms with Crippen molar-refractivity contribution in [1.29, 1.82) is 0 Å².